The molecular formula is C16H18FIO2. The first-order valence-electron chi connectivity index (χ1n) is 6.96. The summed E-state index contributed by atoms with van der Waals surface area (Å²) >= 11 is 1.85. The van der Waals surface area contributed by atoms with Gasteiger partial charge in [0.05, 0.1) is 6.61 Å². The molecule has 0 radical (unpaired) electrons. The minimum Gasteiger partial charge on any atom is -0.493 e. The lowest BCUT2D eigenvalue weighted by molar-refractivity contribution is 0.0566. The highest BCUT2D eigenvalue weighted by atomic mass is 127. The number of ether oxygens (including phenoxy) is 1. The second kappa shape index (κ2) is 5.20. The molecule has 0 spiro atoms. The van der Waals surface area contributed by atoms with Crippen molar-refractivity contribution in [1.29, 1.82) is 0 Å². The van der Waals surface area contributed by atoms with Crippen LogP contribution in [0.1, 0.15) is 32.6 Å². The van der Waals surface area contributed by atoms with Gasteiger partial charge in [-0.1, -0.05) is 6.92 Å². The molecule has 4 rings (SSSR count). The average Bonchev–Trinajstić information content (AvgIpc) is 2.48. The zero-order valence-corrected chi connectivity index (χ0v) is 13.7. The number of rotatable bonds is 4. The van der Waals surface area contributed by atoms with Crippen LogP contribution in [-0.4, -0.2) is 6.61 Å². The topological polar surface area (TPSA) is 18.5 Å². The Morgan fingerprint density at radius 3 is 2.25 bits per heavy atom. The van der Waals surface area contributed by atoms with E-state index in [1.807, 2.05) is 60.3 Å². The van der Waals surface area contributed by atoms with Crippen LogP contribution in [0.25, 0.3) is 0 Å². The van der Waals surface area contributed by atoms with Crippen LogP contribution in [0.3, 0.4) is 0 Å². The third kappa shape index (κ3) is 2.54. The van der Waals surface area contributed by atoms with Crippen molar-refractivity contribution in [2.45, 2.75) is 32.6 Å². The Bertz CT molecular complexity index is 516. The number of hydrogen-bond acceptors (Lipinski definition) is 2. The van der Waals surface area contributed by atoms with Crippen LogP contribution in [0.2, 0.25) is 0 Å². The fraction of sp³-hybridized carbons (Fsp3) is 0.500. The van der Waals surface area contributed by atoms with E-state index in [-0.39, 0.29) is 16.7 Å². The molecule has 0 saturated heterocycles. The summed E-state index contributed by atoms with van der Waals surface area (Å²) in [6.07, 6.45) is 5.72. The molecule has 1 saturated carbocycles. The lowest BCUT2D eigenvalue weighted by Crippen LogP contribution is -2.41. The summed E-state index contributed by atoms with van der Waals surface area (Å²) in [7, 11) is 0. The van der Waals surface area contributed by atoms with E-state index in [4.69, 9.17) is 7.80 Å². The molecule has 0 aromatic heterocycles. The Morgan fingerprint density at radius 2 is 1.70 bits per heavy atom. The molecule has 3 aliphatic carbocycles. The Kier molecular flexibility index (Phi) is 3.69. The number of hydrogen-bond donors (Lipinski definition) is 0. The normalized spacial score (nSPS) is 31.9. The zero-order chi connectivity index (χ0) is 14.2. The van der Waals surface area contributed by atoms with Crippen molar-refractivity contribution in [3.8, 4) is 11.5 Å². The SMILES string of the molecule is CC12CCC(COc3ccc(OI)cc3)(C=C1F)CC2. The lowest BCUT2D eigenvalue weighted by Gasteiger charge is -2.48. The third-order valence-corrected chi connectivity index (χ3v) is 5.31. The summed E-state index contributed by atoms with van der Waals surface area (Å²) in [6, 6.07) is 7.52. The molecule has 3 aliphatic rings. The maximum absolute atomic E-state index is 14.1. The highest BCUT2D eigenvalue weighted by Crippen LogP contribution is 2.56. The summed E-state index contributed by atoms with van der Waals surface area (Å²) in [5.41, 5.74) is -0.318. The summed E-state index contributed by atoms with van der Waals surface area (Å²) in [5.74, 6) is 1.67. The molecule has 20 heavy (non-hydrogen) atoms. The van der Waals surface area contributed by atoms with Gasteiger partial charge in [0.1, 0.15) is 17.3 Å². The first-order valence-corrected chi connectivity index (χ1v) is 7.84. The van der Waals surface area contributed by atoms with Crippen molar-refractivity contribution in [2.24, 2.45) is 10.8 Å². The van der Waals surface area contributed by atoms with Crippen LogP contribution in [-0.2, 0) is 0 Å². The minimum atomic E-state index is -0.207. The molecule has 1 fully saturated rings. The van der Waals surface area contributed by atoms with E-state index in [0.717, 1.165) is 37.2 Å². The van der Waals surface area contributed by atoms with Crippen LogP contribution in [0, 0.1) is 10.8 Å². The second-order valence-electron chi connectivity index (χ2n) is 6.25. The van der Waals surface area contributed by atoms with Gasteiger partial charge < -0.3 is 7.80 Å². The molecule has 0 N–H and O–H groups in total. The summed E-state index contributed by atoms with van der Waals surface area (Å²) in [5, 5.41) is 0. The standard InChI is InChI=1S/C16H18FIO2/c1-15-6-8-16(9-7-15,10-14(15)17)11-19-12-2-4-13(20-18)5-3-12/h2-5,10H,6-9,11H2,1H3. The van der Waals surface area contributed by atoms with Crippen LogP contribution in [0.5, 0.6) is 11.5 Å². The van der Waals surface area contributed by atoms with Crippen LogP contribution < -0.4 is 7.80 Å². The van der Waals surface area contributed by atoms with Crippen molar-refractivity contribution in [2.75, 3.05) is 6.61 Å². The fourth-order valence-electron chi connectivity index (χ4n) is 3.13. The lowest BCUT2D eigenvalue weighted by atomic mass is 9.58. The summed E-state index contributed by atoms with van der Waals surface area (Å²) < 4.78 is 25.1. The Labute approximate surface area is 133 Å². The third-order valence-electron chi connectivity index (χ3n) is 4.80. The van der Waals surface area contributed by atoms with Crippen molar-refractivity contribution in [1.82, 2.24) is 0 Å². The number of benzene rings is 1. The van der Waals surface area contributed by atoms with Gasteiger partial charge in [-0.3, -0.25) is 0 Å². The van der Waals surface area contributed by atoms with E-state index in [1.54, 1.807) is 0 Å². The van der Waals surface area contributed by atoms with E-state index >= 15 is 0 Å². The first-order chi connectivity index (χ1) is 9.55. The van der Waals surface area contributed by atoms with E-state index in [0.29, 0.717) is 6.61 Å². The highest BCUT2D eigenvalue weighted by Gasteiger charge is 2.47. The molecular weight excluding hydrogens is 370 g/mol. The van der Waals surface area contributed by atoms with Crippen LogP contribution in [0.15, 0.2) is 36.2 Å². The fourth-order valence-corrected chi connectivity index (χ4v) is 3.42. The molecule has 0 amide bonds. The molecule has 4 heteroatoms. The van der Waals surface area contributed by atoms with Gasteiger partial charge in [0.15, 0.2) is 23.0 Å². The molecule has 108 valence electrons. The van der Waals surface area contributed by atoms with Gasteiger partial charge >= 0.3 is 0 Å². The first kappa shape index (κ1) is 14.2. The molecule has 0 aliphatic heterocycles. The maximum atomic E-state index is 14.1. The van der Waals surface area contributed by atoms with Gasteiger partial charge in [-0.25, -0.2) is 4.39 Å². The minimum absolute atomic E-state index is 0.0623. The van der Waals surface area contributed by atoms with Crippen molar-refractivity contribution in [3.63, 3.8) is 0 Å². The highest BCUT2D eigenvalue weighted by molar-refractivity contribution is 14.1. The number of fused-ring (bicyclic) bond motifs is 2. The summed E-state index contributed by atoms with van der Waals surface area (Å²) in [4.78, 5) is 0. The molecule has 0 atom stereocenters. The van der Waals surface area contributed by atoms with E-state index in [2.05, 4.69) is 0 Å². The molecule has 0 unspecified atom stereocenters. The predicted octanol–water partition coefficient (Wildman–Crippen LogP) is 5.23. The van der Waals surface area contributed by atoms with E-state index in [1.165, 1.54) is 0 Å². The zero-order valence-electron chi connectivity index (χ0n) is 11.5. The molecule has 1 aromatic rings. The van der Waals surface area contributed by atoms with Gasteiger partial charge in [0.25, 0.3) is 0 Å². The van der Waals surface area contributed by atoms with E-state index < -0.39 is 0 Å². The smallest absolute Gasteiger partial charge is 0.192 e. The number of halogens is 2. The van der Waals surface area contributed by atoms with Gasteiger partial charge in [-0.15, -0.1) is 0 Å². The molecule has 0 heterocycles. The van der Waals surface area contributed by atoms with Gasteiger partial charge in [0, 0.05) is 10.8 Å². The quantitative estimate of drug-likeness (QED) is 0.658. The van der Waals surface area contributed by atoms with Crippen molar-refractivity contribution < 1.29 is 12.2 Å². The molecule has 1 aromatic carbocycles. The maximum Gasteiger partial charge on any atom is 0.192 e. The van der Waals surface area contributed by atoms with Crippen LogP contribution >= 0.6 is 23.0 Å². The van der Waals surface area contributed by atoms with E-state index in [9.17, 15) is 4.39 Å². The van der Waals surface area contributed by atoms with Crippen molar-refractivity contribution in [3.05, 3.63) is 36.2 Å². The van der Waals surface area contributed by atoms with Gasteiger partial charge in [-0.2, -0.15) is 0 Å². The monoisotopic (exact) mass is 388 g/mol. The van der Waals surface area contributed by atoms with Crippen LogP contribution in [0.4, 0.5) is 4.39 Å². The van der Waals surface area contributed by atoms with Gasteiger partial charge in [-0.05, 0) is 56.0 Å². The van der Waals surface area contributed by atoms with Gasteiger partial charge in [0.2, 0.25) is 0 Å². The molecule has 2 bridgehead atoms. The molecule has 2 nitrogen and oxygen atoms in total. The largest absolute Gasteiger partial charge is 0.493 e. The predicted molar refractivity (Wildman–Crippen MR) is 84.8 cm³/mol. The second-order valence-corrected chi connectivity index (χ2v) is 6.69. The average molecular weight is 388 g/mol. The summed E-state index contributed by atoms with van der Waals surface area (Å²) in [6.45, 7) is 2.59. The Hall–Kier alpha value is -0.780. The Morgan fingerprint density at radius 1 is 1.10 bits per heavy atom. The Balaban J connectivity index is 1.69. The number of allylic oxidation sites excluding steroid dienone is 1. The van der Waals surface area contributed by atoms with Crippen molar-refractivity contribution >= 4 is 23.0 Å².